The summed E-state index contributed by atoms with van der Waals surface area (Å²) in [7, 11) is 3.36. The fourth-order valence-corrected chi connectivity index (χ4v) is 6.33. The molecule has 4 nitrogen and oxygen atoms in total. The summed E-state index contributed by atoms with van der Waals surface area (Å²) in [4.78, 5) is 0. The van der Waals surface area contributed by atoms with Crippen molar-refractivity contribution in [2.45, 2.75) is 50.5 Å². The molecule has 4 aliphatic rings. The molecular formula is C21H30N2O2S. The first-order chi connectivity index (χ1) is 12.6. The number of para-hydroxylation sites is 1. The van der Waals surface area contributed by atoms with Crippen molar-refractivity contribution in [2.75, 3.05) is 20.8 Å². The van der Waals surface area contributed by atoms with Crippen molar-refractivity contribution >= 4 is 17.3 Å². The van der Waals surface area contributed by atoms with Gasteiger partial charge in [0.25, 0.3) is 0 Å². The molecule has 142 valence electrons. The Labute approximate surface area is 162 Å². The number of benzene rings is 1. The Kier molecular flexibility index (Phi) is 5.00. The molecule has 0 aliphatic heterocycles. The van der Waals surface area contributed by atoms with Crippen LogP contribution in [-0.2, 0) is 6.42 Å². The van der Waals surface area contributed by atoms with Crippen LogP contribution in [0.5, 0.6) is 11.5 Å². The van der Waals surface area contributed by atoms with E-state index < -0.39 is 0 Å². The summed E-state index contributed by atoms with van der Waals surface area (Å²) in [5.74, 6) is 4.38. The third-order valence-corrected chi connectivity index (χ3v) is 6.83. The van der Waals surface area contributed by atoms with Gasteiger partial charge in [-0.2, -0.15) is 0 Å². The van der Waals surface area contributed by atoms with Gasteiger partial charge in [-0.15, -0.1) is 0 Å². The van der Waals surface area contributed by atoms with E-state index >= 15 is 0 Å². The molecule has 0 aromatic heterocycles. The minimum Gasteiger partial charge on any atom is -0.493 e. The lowest BCUT2D eigenvalue weighted by Gasteiger charge is -2.57. The maximum absolute atomic E-state index is 5.64. The minimum absolute atomic E-state index is 0.270. The highest BCUT2D eigenvalue weighted by molar-refractivity contribution is 7.80. The van der Waals surface area contributed by atoms with Crippen molar-refractivity contribution in [1.82, 2.24) is 10.6 Å². The number of nitrogens with one attached hydrogen (secondary N) is 2. The van der Waals surface area contributed by atoms with E-state index in [-0.39, 0.29) is 5.54 Å². The predicted octanol–water partition coefficient (Wildman–Crippen LogP) is 3.68. The second kappa shape index (κ2) is 7.26. The molecule has 4 bridgehead atoms. The van der Waals surface area contributed by atoms with Gasteiger partial charge in [-0.3, -0.25) is 0 Å². The molecule has 1 aromatic carbocycles. The van der Waals surface area contributed by atoms with Crippen LogP contribution in [0.4, 0.5) is 0 Å². The van der Waals surface area contributed by atoms with Gasteiger partial charge < -0.3 is 20.1 Å². The standard InChI is InChI=1S/C21H30N2O2S/c1-24-18-5-3-4-17(19(18)25-2)6-7-22-20(26)23-21-11-14-8-15(12-21)10-16(9-14)13-21/h3-5,14-16H,6-13H2,1-2H3,(H2,22,23,26). The maximum Gasteiger partial charge on any atom is 0.166 e. The van der Waals surface area contributed by atoms with Gasteiger partial charge in [0.15, 0.2) is 16.6 Å². The molecule has 5 rings (SSSR count). The molecule has 4 aliphatic carbocycles. The van der Waals surface area contributed by atoms with Crippen LogP contribution in [0.2, 0.25) is 0 Å². The highest BCUT2D eigenvalue weighted by Crippen LogP contribution is 2.55. The van der Waals surface area contributed by atoms with Gasteiger partial charge in [0.05, 0.1) is 14.2 Å². The van der Waals surface area contributed by atoms with Crippen molar-refractivity contribution < 1.29 is 9.47 Å². The Hall–Kier alpha value is -1.49. The van der Waals surface area contributed by atoms with Crippen LogP contribution in [0.25, 0.3) is 0 Å². The molecule has 0 radical (unpaired) electrons. The van der Waals surface area contributed by atoms with Crippen LogP contribution >= 0.6 is 12.2 Å². The van der Waals surface area contributed by atoms with E-state index in [0.717, 1.165) is 52.9 Å². The summed E-state index contributed by atoms with van der Waals surface area (Å²) < 4.78 is 10.9. The zero-order valence-corrected chi connectivity index (χ0v) is 16.7. The van der Waals surface area contributed by atoms with Crippen LogP contribution in [0.3, 0.4) is 0 Å². The molecule has 1 aromatic rings. The van der Waals surface area contributed by atoms with Crippen LogP contribution in [0, 0.1) is 17.8 Å². The third-order valence-electron chi connectivity index (χ3n) is 6.58. The lowest BCUT2D eigenvalue weighted by atomic mass is 9.53. The Bertz CT molecular complexity index is 641. The Morgan fingerprint density at radius 1 is 1.08 bits per heavy atom. The first-order valence-electron chi connectivity index (χ1n) is 9.86. The van der Waals surface area contributed by atoms with Crippen LogP contribution in [0.15, 0.2) is 18.2 Å². The molecule has 0 heterocycles. The molecule has 0 amide bonds. The second-order valence-electron chi connectivity index (χ2n) is 8.48. The molecule has 0 atom stereocenters. The van der Waals surface area contributed by atoms with E-state index in [0.29, 0.717) is 0 Å². The van der Waals surface area contributed by atoms with Crippen molar-refractivity contribution in [3.63, 3.8) is 0 Å². The van der Waals surface area contributed by atoms with E-state index in [4.69, 9.17) is 21.7 Å². The molecule has 5 heteroatoms. The first-order valence-corrected chi connectivity index (χ1v) is 10.3. The van der Waals surface area contributed by atoms with E-state index in [1.165, 1.54) is 38.5 Å². The normalized spacial score (nSPS) is 31.5. The highest BCUT2D eigenvalue weighted by Gasteiger charge is 2.51. The lowest BCUT2D eigenvalue weighted by Crippen LogP contribution is -2.61. The minimum atomic E-state index is 0.270. The van der Waals surface area contributed by atoms with Crippen LogP contribution in [0.1, 0.15) is 44.1 Å². The molecule has 4 fully saturated rings. The van der Waals surface area contributed by atoms with Gasteiger partial charge in [-0.05, 0) is 86.5 Å². The van der Waals surface area contributed by atoms with Gasteiger partial charge in [0, 0.05) is 12.1 Å². The van der Waals surface area contributed by atoms with Crippen molar-refractivity contribution in [3.8, 4) is 11.5 Å². The first kappa shape index (κ1) is 17.9. The molecule has 0 spiro atoms. The lowest BCUT2D eigenvalue weighted by molar-refractivity contribution is -0.0101. The number of rotatable bonds is 6. The molecule has 4 saturated carbocycles. The average molecular weight is 375 g/mol. The summed E-state index contributed by atoms with van der Waals surface area (Å²) in [6, 6.07) is 6.01. The number of methoxy groups -OCH3 is 2. The summed E-state index contributed by atoms with van der Waals surface area (Å²) in [6.07, 6.45) is 9.15. The van der Waals surface area contributed by atoms with Gasteiger partial charge in [-0.25, -0.2) is 0 Å². The summed E-state index contributed by atoms with van der Waals surface area (Å²) >= 11 is 5.64. The Balaban J connectivity index is 1.31. The molecule has 0 unspecified atom stereocenters. The number of ether oxygens (including phenoxy) is 2. The second-order valence-corrected chi connectivity index (χ2v) is 8.89. The van der Waals surface area contributed by atoms with E-state index in [1.54, 1.807) is 14.2 Å². The molecular weight excluding hydrogens is 344 g/mol. The highest BCUT2D eigenvalue weighted by atomic mass is 32.1. The van der Waals surface area contributed by atoms with Crippen LogP contribution < -0.4 is 20.1 Å². The maximum atomic E-state index is 5.64. The van der Waals surface area contributed by atoms with Crippen LogP contribution in [-0.4, -0.2) is 31.4 Å². The zero-order valence-electron chi connectivity index (χ0n) is 15.8. The van der Waals surface area contributed by atoms with Crippen molar-refractivity contribution in [3.05, 3.63) is 23.8 Å². The topological polar surface area (TPSA) is 42.5 Å². The van der Waals surface area contributed by atoms with Gasteiger partial charge in [0.2, 0.25) is 0 Å². The molecule has 2 N–H and O–H groups in total. The Morgan fingerprint density at radius 3 is 2.31 bits per heavy atom. The Morgan fingerprint density at radius 2 is 1.73 bits per heavy atom. The summed E-state index contributed by atoms with van der Waals surface area (Å²) in [6.45, 7) is 0.793. The zero-order chi connectivity index (χ0) is 18.1. The fourth-order valence-electron chi connectivity index (χ4n) is 6.01. The molecule has 0 saturated heterocycles. The number of hydrogen-bond acceptors (Lipinski definition) is 3. The SMILES string of the molecule is COc1cccc(CCNC(=S)NC23CC4CC(CC(C4)C2)C3)c1OC. The summed E-state index contributed by atoms with van der Waals surface area (Å²) in [5, 5.41) is 7.96. The quantitative estimate of drug-likeness (QED) is 0.744. The fraction of sp³-hybridized carbons (Fsp3) is 0.667. The number of thiocarbonyl (C=S) groups is 1. The predicted molar refractivity (Wildman–Crippen MR) is 108 cm³/mol. The summed E-state index contributed by atoms with van der Waals surface area (Å²) in [5.41, 5.74) is 1.41. The number of hydrogen-bond donors (Lipinski definition) is 2. The van der Waals surface area contributed by atoms with Gasteiger partial charge >= 0.3 is 0 Å². The van der Waals surface area contributed by atoms with E-state index in [9.17, 15) is 0 Å². The third kappa shape index (κ3) is 3.51. The van der Waals surface area contributed by atoms with Crippen molar-refractivity contribution in [1.29, 1.82) is 0 Å². The largest absolute Gasteiger partial charge is 0.493 e. The van der Waals surface area contributed by atoms with E-state index in [2.05, 4.69) is 16.7 Å². The average Bonchev–Trinajstić information content (AvgIpc) is 2.59. The smallest absolute Gasteiger partial charge is 0.166 e. The van der Waals surface area contributed by atoms with Crippen molar-refractivity contribution in [2.24, 2.45) is 17.8 Å². The monoisotopic (exact) mass is 374 g/mol. The van der Waals surface area contributed by atoms with Gasteiger partial charge in [-0.1, -0.05) is 12.1 Å². The molecule has 26 heavy (non-hydrogen) atoms. The van der Waals surface area contributed by atoms with E-state index in [1.807, 2.05) is 12.1 Å². The van der Waals surface area contributed by atoms with Gasteiger partial charge in [0.1, 0.15) is 0 Å².